The molecule has 0 N–H and O–H groups in total. The standard InChI is InChI=1S/C24H17BrN2O5/c1-15-2-7-18(13-22(15)27(29)30)23-26-21(24(28)32-23)12-16-5-10-20(11-6-16)31-14-17-3-8-19(25)9-4-17/h2-13H,14H2,1H3/b21-12-. The number of benzene rings is 3. The molecule has 4 rings (SSSR count). The molecule has 3 aromatic rings. The van der Waals surface area contributed by atoms with Crippen LogP contribution >= 0.6 is 15.9 Å². The van der Waals surface area contributed by atoms with Gasteiger partial charge in [-0.15, -0.1) is 0 Å². The second-order valence-corrected chi connectivity index (χ2v) is 7.99. The molecule has 0 saturated heterocycles. The minimum atomic E-state index is -0.612. The van der Waals surface area contributed by atoms with Gasteiger partial charge in [0.2, 0.25) is 5.90 Å². The Labute approximate surface area is 192 Å². The molecular formula is C24H17BrN2O5. The van der Waals surface area contributed by atoms with Crippen LogP contribution in [0.25, 0.3) is 6.08 Å². The van der Waals surface area contributed by atoms with Crippen molar-refractivity contribution in [3.63, 3.8) is 0 Å². The first kappa shape index (κ1) is 21.5. The summed E-state index contributed by atoms with van der Waals surface area (Å²) in [6.45, 7) is 2.08. The summed E-state index contributed by atoms with van der Waals surface area (Å²) in [6, 6.07) is 19.7. The molecule has 7 nitrogen and oxygen atoms in total. The number of carbonyl (C=O) groups excluding carboxylic acids is 1. The van der Waals surface area contributed by atoms with Crippen LogP contribution in [-0.2, 0) is 16.1 Å². The zero-order valence-electron chi connectivity index (χ0n) is 16.9. The van der Waals surface area contributed by atoms with Gasteiger partial charge in [0.05, 0.1) is 4.92 Å². The number of rotatable bonds is 6. The number of aliphatic imine (C=N–C) groups is 1. The van der Waals surface area contributed by atoms with Crippen LogP contribution in [0.1, 0.15) is 22.3 Å². The monoisotopic (exact) mass is 492 g/mol. The molecule has 1 aliphatic heterocycles. The topological polar surface area (TPSA) is 91.0 Å². The molecule has 160 valence electrons. The Bertz CT molecular complexity index is 1250. The van der Waals surface area contributed by atoms with E-state index in [2.05, 4.69) is 20.9 Å². The Kier molecular flexibility index (Phi) is 6.13. The highest BCUT2D eigenvalue weighted by atomic mass is 79.9. The van der Waals surface area contributed by atoms with Crippen LogP contribution in [0.15, 0.2) is 81.9 Å². The average molecular weight is 493 g/mol. The fourth-order valence-corrected chi connectivity index (χ4v) is 3.30. The van der Waals surface area contributed by atoms with Crippen LogP contribution in [0.5, 0.6) is 5.75 Å². The second-order valence-electron chi connectivity index (χ2n) is 7.08. The zero-order chi connectivity index (χ0) is 22.7. The van der Waals surface area contributed by atoms with E-state index in [1.165, 1.54) is 6.07 Å². The molecular weight excluding hydrogens is 476 g/mol. The van der Waals surface area contributed by atoms with Crippen molar-refractivity contribution in [2.45, 2.75) is 13.5 Å². The van der Waals surface area contributed by atoms with Crippen molar-refractivity contribution in [1.82, 2.24) is 0 Å². The Morgan fingerprint density at radius 3 is 2.50 bits per heavy atom. The van der Waals surface area contributed by atoms with Crippen molar-refractivity contribution in [3.05, 3.63) is 109 Å². The average Bonchev–Trinajstić information content (AvgIpc) is 3.14. The fraction of sp³-hybridized carbons (Fsp3) is 0.0833. The fourth-order valence-electron chi connectivity index (χ4n) is 3.04. The maximum absolute atomic E-state index is 12.2. The van der Waals surface area contributed by atoms with Gasteiger partial charge in [0.15, 0.2) is 5.70 Å². The lowest BCUT2D eigenvalue weighted by molar-refractivity contribution is -0.385. The first-order chi connectivity index (χ1) is 15.4. The summed E-state index contributed by atoms with van der Waals surface area (Å²) in [6.07, 6.45) is 1.59. The van der Waals surface area contributed by atoms with E-state index in [9.17, 15) is 14.9 Å². The minimum Gasteiger partial charge on any atom is -0.489 e. The smallest absolute Gasteiger partial charge is 0.363 e. The van der Waals surface area contributed by atoms with Crippen molar-refractivity contribution < 1.29 is 19.2 Å². The summed E-state index contributed by atoms with van der Waals surface area (Å²) in [7, 11) is 0. The van der Waals surface area contributed by atoms with Gasteiger partial charge >= 0.3 is 5.97 Å². The lowest BCUT2D eigenvalue weighted by Gasteiger charge is -2.06. The number of aryl methyl sites for hydroxylation is 1. The van der Waals surface area contributed by atoms with Gasteiger partial charge in [-0.1, -0.05) is 46.3 Å². The van der Waals surface area contributed by atoms with Crippen molar-refractivity contribution in [2.75, 3.05) is 0 Å². The van der Waals surface area contributed by atoms with Crippen LogP contribution in [0.3, 0.4) is 0 Å². The number of nitro groups is 1. The zero-order valence-corrected chi connectivity index (χ0v) is 18.5. The van der Waals surface area contributed by atoms with E-state index in [4.69, 9.17) is 9.47 Å². The van der Waals surface area contributed by atoms with Gasteiger partial charge in [0, 0.05) is 21.7 Å². The van der Waals surface area contributed by atoms with Gasteiger partial charge in [0.1, 0.15) is 12.4 Å². The number of hydrogen-bond acceptors (Lipinski definition) is 6. The third kappa shape index (κ3) is 4.92. The number of cyclic esters (lactones) is 1. The minimum absolute atomic E-state index is 0.0406. The summed E-state index contributed by atoms with van der Waals surface area (Å²) >= 11 is 3.40. The molecule has 0 spiro atoms. The molecule has 0 fully saturated rings. The predicted molar refractivity (Wildman–Crippen MR) is 123 cm³/mol. The largest absolute Gasteiger partial charge is 0.489 e. The highest BCUT2D eigenvalue weighted by molar-refractivity contribution is 9.10. The molecule has 0 amide bonds. The number of halogens is 1. The lowest BCUT2D eigenvalue weighted by Crippen LogP contribution is -2.06. The highest BCUT2D eigenvalue weighted by Crippen LogP contribution is 2.25. The summed E-state index contributed by atoms with van der Waals surface area (Å²) in [4.78, 5) is 27.1. The molecule has 0 unspecified atom stereocenters. The van der Waals surface area contributed by atoms with Gasteiger partial charge in [-0.3, -0.25) is 10.1 Å². The van der Waals surface area contributed by atoms with Crippen molar-refractivity contribution in [1.29, 1.82) is 0 Å². The number of hydrogen-bond donors (Lipinski definition) is 0. The van der Waals surface area contributed by atoms with E-state index in [1.807, 2.05) is 24.3 Å². The summed E-state index contributed by atoms with van der Waals surface area (Å²) < 4.78 is 12.0. The Balaban J connectivity index is 1.48. The molecule has 3 aromatic carbocycles. The Morgan fingerprint density at radius 1 is 1.09 bits per heavy atom. The van der Waals surface area contributed by atoms with Crippen molar-refractivity contribution in [2.24, 2.45) is 4.99 Å². The first-order valence-electron chi connectivity index (χ1n) is 9.64. The van der Waals surface area contributed by atoms with Crippen LogP contribution in [-0.4, -0.2) is 16.8 Å². The van der Waals surface area contributed by atoms with Crippen LogP contribution < -0.4 is 4.74 Å². The third-order valence-electron chi connectivity index (χ3n) is 4.78. The molecule has 8 heteroatoms. The van der Waals surface area contributed by atoms with E-state index in [0.717, 1.165) is 15.6 Å². The van der Waals surface area contributed by atoms with E-state index >= 15 is 0 Å². The summed E-state index contributed by atoms with van der Waals surface area (Å²) in [5.41, 5.74) is 2.74. The molecule has 0 aliphatic carbocycles. The highest BCUT2D eigenvalue weighted by Gasteiger charge is 2.25. The van der Waals surface area contributed by atoms with Crippen LogP contribution in [0.2, 0.25) is 0 Å². The van der Waals surface area contributed by atoms with Crippen molar-refractivity contribution in [3.8, 4) is 5.75 Å². The van der Waals surface area contributed by atoms with Gasteiger partial charge in [-0.05, 0) is 54.5 Å². The molecule has 1 aliphatic rings. The van der Waals surface area contributed by atoms with Gasteiger partial charge in [0.25, 0.3) is 5.69 Å². The van der Waals surface area contributed by atoms with Crippen LogP contribution in [0.4, 0.5) is 5.69 Å². The molecule has 0 saturated carbocycles. The third-order valence-corrected chi connectivity index (χ3v) is 5.30. The van der Waals surface area contributed by atoms with E-state index < -0.39 is 10.9 Å². The Morgan fingerprint density at radius 2 is 1.81 bits per heavy atom. The van der Waals surface area contributed by atoms with E-state index in [-0.39, 0.29) is 17.3 Å². The second kappa shape index (κ2) is 9.15. The van der Waals surface area contributed by atoms with Gasteiger partial charge in [-0.25, -0.2) is 9.79 Å². The first-order valence-corrected chi connectivity index (χ1v) is 10.4. The van der Waals surface area contributed by atoms with E-state index in [1.54, 1.807) is 49.4 Å². The molecule has 0 aromatic heterocycles. The summed E-state index contributed by atoms with van der Waals surface area (Å²) in [5, 5.41) is 11.2. The lowest BCUT2D eigenvalue weighted by atomic mass is 10.1. The maximum Gasteiger partial charge on any atom is 0.363 e. The number of esters is 1. The molecule has 0 radical (unpaired) electrons. The normalized spacial score (nSPS) is 14.2. The molecule has 1 heterocycles. The SMILES string of the molecule is Cc1ccc(C2=N/C(=C\c3ccc(OCc4ccc(Br)cc4)cc3)C(=O)O2)cc1[N+](=O)[O-]. The number of nitrogens with zero attached hydrogens (tertiary/aromatic N) is 2. The van der Waals surface area contributed by atoms with Crippen molar-refractivity contribution >= 4 is 39.6 Å². The predicted octanol–water partition coefficient (Wildman–Crippen LogP) is 5.59. The van der Waals surface area contributed by atoms with Gasteiger partial charge in [-0.2, -0.15) is 0 Å². The number of nitro benzene ring substituents is 1. The summed E-state index contributed by atoms with van der Waals surface area (Å²) in [5.74, 6) is 0.123. The molecule has 0 bridgehead atoms. The van der Waals surface area contributed by atoms with Crippen LogP contribution in [0, 0.1) is 17.0 Å². The molecule has 0 atom stereocenters. The van der Waals surface area contributed by atoms with Gasteiger partial charge < -0.3 is 9.47 Å². The van der Waals surface area contributed by atoms with E-state index in [0.29, 0.717) is 23.5 Å². The molecule has 32 heavy (non-hydrogen) atoms. The Hall–Kier alpha value is -3.78. The number of ether oxygens (including phenoxy) is 2. The number of carbonyl (C=O) groups is 1. The quantitative estimate of drug-likeness (QED) is 0.193. The maximum atomic E-state index is 12.2.